The Bertz CT molecular complexity index is 902. The summed E-state index contributed by atoms with van der Waals surface area (Å²) in [7, 11) is 0. The van der Waals surface area contributed by atoms with Crippen molar-refractivity contribution < 1.29 is 24.0 Å². The molecule has 1 heterocycles. The first-order valence-electron chi connectivity index (χ1n) is 8.15. The highest BCUT2D eigenvalue weighted by Gasteiger charge is 2.68. The molecule has 160 valence electrons. The molecule has 0 atom stereocenters. The van der Waals surface area contributed by atoms with Gasteiger partial charge in [0.05, 0.1) is 4.92 Å². The first-order valence-corrected chi connectivity index (χ1v) is 8.15. The van der Waals surface area contributed by atoms with Crippen LogP contribution in [0.1, 0.15) is 47.4 Å². The Hall–Kier alpha value is -4.03. The Balaban J connectivity index is 3.98. The van der Waals surface area contributed by atoms with Gasteiger partial charge in [0.15, 0.2) is 0 Å². The van der Waals surface area contributed by atoms with Gasteiger partial charge in [-0.25, -0.2) is 24.5 Å². The maximum Gasteiger partial charge on any atom is 0.468 e. The summed E-state index contributed by atoms with van der Waals surface area (Å²) >= 11 is 0. The zero-order chi connectivity index (χ0) is 23.3. The molecule has 0 fully saturated rings. The van der Waals surface area contributed by atoms with Crippen molar-refractivity contribution in [3.8, 4) is 0 Å². The molecule has 0 saturated carbocycles. The molecule has 1 aromatic rings. The summed E-state index contributed by atoms with van der Waals surface area (Å²) in [5, 5.41) is 18.2. The molecular weight excluding hydrogens is 404 g/mol. The van der Waals surface area contributed by atoms with Crippen LogP contribution >= 0.6 is 0 Å². The molecule has 0 spiro atoms. The molecule has 0 amide bonds. The highest BCUT2D eigenvalue weighted by molar-refractivity contribution is 6.03. The lowest BCUT2D eigenvalue weighted by atomic mass is 9.98. The minimum atomic E-state index is -3.43. The van der Waals surface area contributed by atoms with Gasteiger partial charge in [0.1, 0.15) is 11.2 Å². The molecule has 0 bridgehead atoms. The summed E-state index contributed by atoms with van der Waals surface area (Å²) in [5.74, 6) is -6.03. The Kier molecular flexibility index (Phi) is 6.84. The van der Waals surface area contributed by atoms with E-state index in [2.05, 4.69) is 35.0 Å². The summed E-state index contributed by atoms with van der Waals surface area (Å²) in [6.45, 7) is 8.47. The highest BCUT2D eigenvalue weighted by atomic mass is 16.7. The molecule has 0 N–H and O–H groups in total. The number of nitrogens with zero attached hydrogens (tertiary/aromatic N) is 10. The van der Waals surface area contributed by atoms with Crippen molar-refractivity contribution in [1.82, 2.24) is 15.0 Å². The van der Waals surface area contributed by atoms with E-state index >= 15 is 0 Å². The predicted molar refractivity (Wildman–Crippen MR) is 97.8 cm³/mol. The monoisotopic (exact) mass is 422 g/mol. The maximum absolute atomic E-state index is 12.9. The molecule has 1 aromatic heterocycles. The second-order valence-electron chi connectivity index (χ2n) is 7.61. The van der Waals surface area contributed by atoms with Gasteiger partial charge in [0, 0.05) is 9.82 Å². The third-order valence-electron chi connectivity index (χ3n) is 2.87. The van der Waals surface area contributed by atoms with Crippen LogP contribution in [0.15, 0.2) is 10.2 Å². The molecule has 16 nitrogen and oxygen atoms in total. The molecule has 0 aliphatic heterocycles. The molecule has 0 aliphatic carbocycles. The Morgan fingerprint density at radius 1 is 0.900 bits per heavy atom. The van der Waals surface area contributed by atoms with Crippen LogP contribution in [0.5, 0.6) is 0 Å². The van der Waals surface area contributed by atoms with E-state index in [-0.39, 0.29) is 0 Å². The quantitative estimate of drug-likeness (QED) is 0.124. The minimum absolute atomic E-state index is 0.789. The van der Waals surface area contributed by atoms with Crippen LogP contribution in [-0.4, -0.2) is 43.0 Å². The van der Waals surface area contributed by atoms with Crippen molar-refractivity contribution in [3.05, 3.63) is 36.8 Å². The SMILES string of the molecule is CC(C)(C)OC(=O)C(C(=O)OC(C)(C)C)(c1nc(N=[N+]=[N-])nc(N=[N+]=[N-])n1)[N+](=O)[O-]. The Labute approximate surface area is 169 Å². The maximum atomic E-state index is 12.9. The summed E-state index contributed by atoms with van der Waals surface area (Å²) in [5.41, 5.74) is 11.3. The number of hydrogen-bond donors (Lipinski definition) is 0. The molecule has 0 unspecified atom stereocenters. The molecular formula is C14H18N10O6. The van der Waals surface area contributed by atoms with Crippen molar-refractivity contribution in [2.45, 2.75) is 58.3 Å². The standard InChI is InChI=1S/C14H18N10O6/c1-12(2,3)29-8(25)14(24(27)28,9(26)30-13(4,5)6)7-17-10(20-22-15)19-11(18-7)21-23-16/h1-6H3. The van der Waals surface area contributed by atoms with Gasteiger partial charge in [-0.05, 0) is 62.8 Å². The van der Waals surface area contributed by atoms with Crippen molar-refractivity contribution in [1.29, 1.82) is 0 Å². The number of carbonyl (C=O) groups is 2. The molecule has 0 aliphatic rings. The topological polar surface area (TPSA) is 232 Å². The predicted octanol–water partition coefficient (Wildman–Crippen LogP) is 2.91. The van der Waals surface area contributed by atoms with Gasteiger partial charge in [-0.15, -0.1) is 0 Å². The van der Waals surface area contributed by atoms with Gasteiger partial charge < -0.3 is 9.47 Å². The van der Waals surface area contributed by atoms with Crippen LogP contribution in [0.4, 0.5) is 11.9 Å². The van der Waals surface area contributed by atoms with Crippen LogP contribution in [0.3, 0.4) is 0 Å². The fraction of sp³-hybridized carbons (Fsp3) is 0.643. The van der Waals surface area contributed by atoms with Crippen molar-refractivity contribution in [2.75, 3.05) is 0 Å². The number of carbonyl (C=O) groups excluding carboxylic acids is 2. The van der Waals surface area contributed by atoms with E-state index in [1.165, 1.54) is 41.5 Å². The number of rotatable bonds is 6. The van der Waals surface area contributed by atoms with E-state index < -0.39 is 51.3 Å². The first kappa shape index (κ1) is 24.0. The van der Waals surface area contributed by atoms with Gasteiger partial charge in [-0.1, -0.05) is 0 Å². The van der Waals surface area contributed by atoms with Gasteiger partial charge in [0.2, 0.25) is 17.7 Å². The van der Waals surface area contributed by atoms with E-state index in [9.17, 15) is 19.7 Å². The molecule has 16 heteroatoms. The van der Waals surface area contributed by atoms with E-state index in [1.807, 2.05) is 0 Å². The zero-order valence-corrected chi connectivity index (χ0v) is 16.9. The van der Waals surface area contributed by atoms with Crippen LogP contribution in [0.25, 0.3) is 20.9 Å². The fourth-order valence-corrected chi connectivity index (χ4v) is 1.89. The summed E-state index contributed by atoms with van der Waals surface area (Å²) < 4.78 is 10.1. The number of ether oxygens (including phenoxy) is 2. The normalized spacial score (nSPS) is 11.5. The smallest absolute Gasteiger partial charge is 0.454 e. The van der Waals surface area contributed by atoms with Crippen molar-refractivity contribution in [3.63, 3.8) is 0 Å². The first-order chi connectivity index (χ1) is 13.7. The van der Waals surface area contributed by atoms with Crippen LogP contribution < -0.4 is 0 Å². The van der Waals surface area contributed by atoms with Crippen LogP contribution in [-0.2, 0) is 24.6 Å². The molecule has 30 heavy (non-hydrogen) atoms. The van der Waals surface area contributed by atoms with Gasteiger partial charge in [-0.2, -0.15) is 0 Å². The second-order valence-corrected chi connectivity index (χ2v) is 7.61. The molecule has 1 rings (SSSR count). The van der Waals surface area contributed by atoms with E-state index in [0.717, 1.165) is 0 Å². The lowest BCUT2D eigenvalue weighted by Gasteiger charge is -2.28. The third kappa shape index (κ3) is 5.50. The van der Waals surface area contributed by atoms with Gasteiger partial charge >= 0.3 is 17.5 Å². The average Bonchev–Trinajstić information content (AvgIpc) is 2.52. The van der Waals surface area contributed by atoms with E-state index in [1.54, 1.807) is 0 Å². The van der Waals surface area contributed by atoms with E-state index in [4.69, 9.17) is 20.5 Å². The largest absolute Gasteiger partial charge is 0.468 e. The Morgan fingerprint density at radius 2 is 1.27 bits per heavy atom. The van der Waals surface area contributed by atoms with Crippen LogP contribution in [0, 0.1) is 10.1 Å². The Morgan fingerprint density at radius 3 is 1.53 bits per heavy atom. The molecule has 0 saturated heterocycles. The average molecular weight is 422 g/mol. The molecule has 0 radical (unpaired) electrons. The summed E-state index contributed by atoms with van der Waals surface area (Å²) in [4.78, 5) is 52.0. The number of nitro groups is 1. The fourth-order valence-electron chi connectivity index (χ4n) is 1.89. The highest BCUT2D eigenvalue weighted by Crippen LogP contribution is 2.32. The molecule has 0 aromatic carbocycles. The van der Waals surface area contributed by atoms with Gasteiger partial charge in [0.25, 0.3) is 0 Å². The van der Waals surface area contributed by atoms with E-state index in [0.29, 0.717) is 0 Å². The van der Waals surface area contributed by atoms with Crippen LogP contribution in [0.2, 0.25) is 0 Å². The lowest BCUT2D eigenvalue weighted by Crippen LogP contribution is -2.56. The third-order valence-corrected chi connectivity index (χ3v) is 2.87. The summed E-state index contributed by atoms with van der Waals surface area (Å²) in [6.07, 6.45) is 0. The van der Waals surface area contributed by atoms with Crippen molar-refractivity contribution >= 4 is 23.8 Å². The minimum Gasteiger partial charge on any atom is -0.454 e. The lowest BCUT2D eigenvalue weighted by molar-refractivity contribution is -0.552. The number of esters is 2. The number of azide groups is 2. The zero-order valence-electron chi connectivity index (χ0n) is 16.9. The number of aromatic nitrogens is 3. The second kappa shape index (κ2) is 8.55. The van der Waals surface area contributed by atoms with Crippen molar-refractivity contribution in [2.24, 2.45) is 10.2 Å². The number of hydrogen-bond acceptors (Lipinski definition) is 11. The summed E-state index contributed by atoms with van der Waals surface area (Å²) in [6, 6.07) is 0. The van der Waals surface area contributed by atoms with Gasteiger partial charge in [-0.3, -0.25) is 10.1 Å².